The van der Waals surface area contributed by atoms with Crippen LogP contribution in [0.4, 0.5) is 0 Å². The van der Waals surface area contributed by atoms with Crippen LogP contribution in [0.1, 0.15) is 64.0 Å². The molecule has 1 aliphatic rings. The van der Waals surface area contributed by atoms with Crippen LogP contribution in [-0.2, 0) is 6.54 Å². The van der Waals surface area contributed by atoms with Gasteiger partial charge in [0.1, 0.15) is 0 Å². The SMILES string of the molecule is CCCNC(CC1CCC1)c1cnn(CCC)c1. The molecular formula is C15H27N3. The van der Waals surface area contributed by atoms with E-state index in [1.165, 1.54) is 37.7 Å². The normalized spacial score (nSPS) is 17.7. The molecule has 0 saturated heterocycles. The van der Waals surface area contributed by atoms with Crippen LogP contribution < -0.4 is 5.32 Å². The Morgan fingerprint density at radius 2 is 2.22 bits per heavy atom. The van der Waals surface area contributed by atoms with Gasteiger partial charge in [-0.25, -0.2) is 0 Å². The molecule has 1 unspecified atom stereocenters. The monoisotopic (exact) mass is 249 g/mol. The highest BCUT2D eigenvalue weighted by Gasteiger charge is 2.23. The first-order valence-corrected chi connectivity index (χ1v) is 7.59. The van der Waals surface area contributed by atoms with Crippen molar-refractivity contribution < 1.29 is 0 Å². The molecule has 1 N–H and O–H groups in total. The molecule has 3 heteroatoms. The van der Waals surface area contributed by atoms with E-state index in [0.29, 0.717) is 6.04 Å². The lowest BCUT2D eigenvalue weighted by Gasteiger charge is -2.29. The van der Waals surface area contributed by atoms with E-state index >= 15 is 0 Å². The average Bonchev–Trinajstić information content (AvgIpc) is 2.76. The maximum Gasteiger partial charge on any atom is 0.0537 e. The standard InChI is InChI=1S/C15H27N3/c1-3-8-16-15(10-13-6-5-7-13)14-11-17-18(12-14)9-4-2/h11-13,15-16H,3-10H2,1-2H3. The van der Waals surface area contributed by atoms with E-state index in [2.05, 4.69) is 41.3 Å². The Morgan fingerprint density at radius 1 is 1.39 bits per heavy atom. The third-order valence-corrected chi connectivity index (χ3v) is 3.94. The Balaban J connectivity index is 1.95. The number of hydrogen-bond donors (Lipinski definition) is 1. The molecule has 0 aliphatic heterocycles. The third kappa shape index (κ3) is 3.58. The second kappa shape index (κ2) is 6.93. The maximum absolute atomic E-state index is 4.46. The van der Waals surface area contributed by atoms with Crippen LogP contribution in [-0.4, -0.2) is 16.3 Å². The molecule has 0 aromatic carbocycles. The number of nitrogens with zero attached hydrogens (tertiary/aromatic N) is 2. The molecule has 3 nitrogen and oxygen atoms in total. The van der Waals surface area contributed by atoms with Gasteiger partial charge in [0.25, 0.3) is 0 Å². The Bertz CT molecular complexity index is 341. The second-order valence-corrected chi connectivity index (χ2v) is 5.58. The second-order valence-electron chi connectivity index (χ2n) is 5.58. The molecule has 1 atom stereocenters. The van der Waals surface area contributed by atoms with Crippen LogP contribution in [0, 0.1) is 5.92 Å². The fourth-order valence-corrected chi connectivity index (χ4v) is 2.63. The smallest absolute Gasteiger partial charge is 0.0537 e. The Kier molecular flexibility index (Phi) is 5.24. The molecule has 1 saturated carbocycles. The molecule has 1 aromatic heterocycles. The average molecular weight is 249 g/mol. The summed E-state index contributed by atoms with van der Waals surface area (Å²) in [5, 5.41) is 8.15. The molecule has 0 radical (unpaired) electrons. The van der Waals surface area contributed by atoms with Gasteiger partial charge in [0.05, 0.1) is 6.20 Å². The van der Waals surface area contributed by atoms with Gasteiger partial charge in [-0.2, -0.15) is 5.10 Å². The third-order valence-electron chi connectivity index (χ3n) is 3.94. The molecule has 1 aliphatic carbocycles. The molecule has 2 rings (SSSR count). The summed E-state index contributed by atoms with van der Waals surface area (Å²) in [7, 11) is 0. The summed E-state index contributed by atoms with van der Waals surface area (Å²) < 4.78 is 2.08. The highest BCUT2D eigenvalue weighted by molar-refractivity contribution is 5.11. The van der Waals surface area contributed by atoms with Crippen molar-refractivity contribution in [3.05, 3.63) is 18.0 Å². The van der Waals surface area contributed by atoms with Crippen LogP contribution in [0.2, 0.25) is 0 Å². The lowest BCUT2D eigenvalue weighted by atomic mass is 9.80. The minimum atomic E-state index is 0.515. The van der Waals surface area contributed by atoms with Gasteiger partial charge in [-0.1, -0.05) is 33.1 Å². The Hall–Kier alpha value is -0.830. The fraction of sp³-hybridized carbons (Fsp3) is 0.800. The molecule has 1 heterocycles. The minimum Gasteiger partial charge on any atom is -0.310 e. The van der Waals surface area contributed by atoms with Gasteiger partial charge in [-0.05, 0) is 31.7 Å². The van der Waals surface area contributed by atoms with Crippen molar-refractivity contribution in [1.29, 1.82) is 0 Å². The summed E-state index contributed by atoms with van der Waals surface area (Å²) in [5.41, 5.74) is 1.38. The van der Waals surface area contributed by atoms with Gasteiger partial charge >= 0.3 is 0 Å². The van der Waals surface area contributed by atoms with Gasteiger partial charge in [-0.3, -0.25) is 4.68 Å². The predicted octanol–water partition coefficient (Wildman–Crippen LogP) is 3.52. The largest absolute Gasteiger partial charge is 0.310 e. The number of rotatable bonds is 8. The van der Waals surface area contributed by atoms with Crippen LogP contribution in [0.3, 0.4) is 0 Å². The highest BCUT2D eigenvalue weighted by Crippen LogP contribution is 2.34. The van der Waals surface area contributed by atoms with E-state index in [9.17, 15) is 0 Å². The summed E-state index contributed by atoms with van der Waals surface area (Å²) >= 11 is 0. The number of aryl methyl sites for hydroxylation is 1. The minimum absolute atomic E-state index is 0.515. The fourth-order valence-electron chi connectivity index (χ4n) is 2.63. The number of hydrogen-bond acceptors (Lipinski definition) is 2. The van der Waals surface area contributed by atoms with Gasteiger partial charge in [0, 0.05) is 24.3 Å². The quantitative estimate of drug-likeness (QED) is 0.764. The van der Waals surface area contributed by atoms with Gasteiger partial charge in [0.15, 0.2) is 0 Å². The zero-order valence-corrected chi connectivity index (χ0v) is 11.9. The predicted molar refractivity (Wildman–Crippen MR) is 75.5 cm³/mol. The summed E-state index contributed by atoms with van der Waals surface area (Å²) in [5.74, 6) is 0.939. The number of aromatic nitrogens is 2. The topological polar surface area (TPSA) is 29.9 Å². The van der Waals surface area contributed by atoms with Gasteiger partial charge in [0.2, 0.25) is 0 Å². The van der Waals surface area contributed by atoms with Gasteiger partial charge in [-0.15, -0.1) is 0 Å². The van der Waals surface area contributed by atoms with Crippen molar-refractivity contribution in [2.45, 2.75) is 65.0 Å². The zero-order chi connectivity index (χ0) is 12.8. The molecule has 102 valence electrons. The maximum atomic E-state index is 4.46. The highest BCUT2D eigenvalue weighted by atomic mass is 15.3. The van der Waals surface area contributed by atoms with E-state index in [-0.39, 0.29) is 0 Å². The first kappa shape index (κ1) is 13.6. The van der Waals surface area contributed by atoms with Crippen molar-refractivity contribution in [2.24, 2.45) is 5.92 Å². The summed E-state index contributed by atoms with van der Waals surface area (Å²) in [6.07, 6.45) is 12.2. The van der Waals surface area contributed by atoms with Gasteiger partial charge < -0.3 is 5.32 Å². The van der Waals surface area contributed by atoms with Crippen molar-refractivity contribution in [3.63, 3.8) is 0 Å². The summed E-state index contributed by atoms with van der Waals surface area (Å²) in [6.45, 7) is 6.57. The number of nitrogens with one attached hydrogen (secondary N) is 1. The van der Waals surface area contributed by atoms with Crippen molar-refractivity contribution in [3.8, 4) is 0 Å². The molecule has 1 fully saturated rings. The molecule has 0 bridgehead atoms. The van der Waals surface area contributed by atoms with Crippen LogP contribution >= 0.6 is 0 Å². The summed E-state index contributed by atoms with van der Waals surface area (Å²) in [4.78, 5) is 0. The molecule has 0 amide bonds. The van der Waals surface area contributed by atoms with Crippen molar-refractivity contribution in [2.75, 3.05) is 6.54 Å². The van der Waals surface area contributed by atoms with Crippen molar-refractivity contribution >= 4 is 0 Å². The Morgan fingerprint density at radius 3 is 2.83 bits per heavy atom. The van der Waals surface area contributed by atoms with Crippen LogP contribution in [0.5, 0.6) is 0 Å². The zero-order valence-electron chi connectivity index (χ0n) is 11.9. The molecule has 0 spiro atoms. The van der Waals surface area contributed by atoms with E-state index in [1.807, 2.05) is 0 Å². The van der Waals surface area contributed by atoms with E-state index in [0.717, 1.165) is 25.4 Å². The lowest BCUT2D eigenvalue weighted by molar-refractivity contribution is 0.261. The summed E-state index contributed by atoms with van der Waals surface area (Å²) in [6, 6.07) is 0.515. The van der Waals surface area contributed by atoms with E-state index < -0.39 is 0 Å². The molecule has 18 heavy (non-hydrogen) atoms. The lowest BCUT2D eigenvalue weighted by Crippen LogP contribution is -2.26. The van der Waals surface area contributed by atoms with E-state index in [4.69, 9.17) is 0 Å². The van der Waals surface area contributed by atoms with Crippen LogP contribution in [0.25, 0.3) is 0 Å². The molecular weight excluding hydrogens is 222 g/mol. The van der Waals surface area contributed by atoms with E-state index in [1.54, 1.807) is 0 Å². The first-order chi connectivity index (χ1) is 8.83. The van der Waals surface area contributed by atoms with Crippen LogP contribution in [0.15, 0.2) is 12.4 Å². The molecule has 1 aromatic rings. The Labute approximate surface area is 111 Å². The first-order valence-electron chi connectivity index (χ1n) is 7.59. The van der Waals surface area contributed by atoms with Crippen molar-refractivity contribution in [1.82, 2.24) is 15.1 Å².